The number of nitrogens with zero attached hydrogens (tertiary/aromatic N) is 2. The first-order valence-corrected chi connectivity index (χ1v) is 10.1. The third-order valence-corrected chi connectivity index (χ3v) is 6.64. The number of hydrogen-bond donors (Lipinski definition) is 0. The van der Waals surface area contributed by atoms with Gasteiger partial charge in [0.2, 0.25) is 0 Å². The first kappa shape index (κ1) is 16.0. The van der Waals surface area contributed by atoms with Gasteiger partial charge in [0.15, 0.2) is 9.84 Å². The molecule has 1 aromatic rings. The predicted octanol–water partition coefficient (Wildman–Crippen LogP) is 1.39. The number of benzene rings is 1. The molecular weight excluding hydrogens is 368 g/mol. The summed E-state index contributed by atoms with van der Waals surface area (Å²) in [5.41, 5.74) is 0.686. The van der Waals surface area contributed by atoms with E-state index in [0.29, 0.717) is 24.4 Å². The van der Waals surface area contributed by atoms with Crippen LogP contribution in [-0.2, 0) is 9.84 Å². The number of amides is 1. The van der Waals surface area contributed by atoms with Crippen LogP contribution in [0.5, 0.6) is 0 Å². The molecule has 0 N–H and O–H groups in total. The summed E-state index contributed by atoms with van der Waals surface area (Å²) in [7, 11) is -2.85. The Morgan fingerprint density at radius 2 is 1.91 bits per heavy atom. The molecule has 0 aliphatic carbocycles. The highest BCUT2D eigenvalue weighted by Gasteiger charge is 2.34. The molecule has 0 saturated carbocycles. The van der Waals surface area contributed by atoms with Gasteiger partial charge in [0.05, 0.1) is 11.5 Å². The van der Waals surface area contributed by atoms with Gasteiger partial charge in [-0.3, -0.25) is 9.69 Å². The number of rotatable bonds is 2. The fourth-order valence-electron chi connectivity index (χ4n) is 3.16. The molecule has 22 heavy (non-hydrogen) atoms. The van der Waals surface area contributed by atoms with Crippen LogP contribution >= 0.6 is 15.9 Å². The maximum absolute atomic E-state index is 12.5. The van der Waals surface area contributed by atoms with Gasteiger partial charge in [0.1, 0.15) is 0 Å². The Bertz CT molecular complexity index is 669. The fourth-order valence-corrected chi connectivity index (χ4v) is 5.32. The second-order valence-corrected chi connectivity index (χ2v) is 9.04. The average Bonchev–Trinajstić information content (AvgIpc) is 2.87. The molecule has 2 aliphatic rings. The van der Waals surface area contributed by atoms with Crippen LogP contribution in [0, 0.1) is 0 Å². The molecule has 3 rings (SSSR count). The molecule has 2 aliphatic heterocycles. The normalized spacial score (nSPS) is 25.3. The van der Waals surface area contributed by atoms with Crippen molar-refractivity contribution in [2.45, 2.75) is 12.5 Å². The number of halogens is 1. The summed E-state index contributed by atoms with van der Waals surface area (Å²) < 4.78 is 24.1. The van der Waals surface area contributed by atoms with Crippen LogP contribution in [0.3, 0.4) is 0 Å². The van der Waals surface area contributed by atoms with Crippen molar-refractivity contribution in [2.24, 2.45) is 0 Å². The zero-order valence-electron chi connectivity index (χ0n) is 12.2. The highest BCUT2D eigenvalue weighted by Crippen LogP contribution is 2.20. The van der Waals surface area contributed by atoms with Crippen molar-refractivity contribution in [3.8, 4) is 0 Å². The van der Waals surface area contributed by atoms with Crippen LogP contribution in [0.15, 0.2) is 28.7 Å². The molecule has 2 heterocycles. The van der Waals surface area contributed by atoms with Crippen molar-refractivity contribution >= 4 is 31.7 Å². The topological polar surface area (TPSA) is 57.7 Å². The van der Waals surface area contributed by atoms with Gasteiger partial charge in [0, 0.05) is 42.3 Å². The van der Waals surface area contributed by atoms with Gasteiger partial charge in [-0.1, -0.05) is 22.0 Å². The molecule has 5 nitrogen and oxygen atoms in total. The van der Waals surface area contributed by atoms with Crippen LogP contribution in [-0.4, -0.2) is 67.9 Å². The van der Waals surface area contributed by atoms with Gasteiger partial charge in [0.25, 0.3) is 5.91 Å². The van der Waals surface area contributed by atoms with Gasteiger partial charge < -0.3 is 4.90 Å². The molecule has 1 amide bonds. The zero-order valence-corrected chi connectivity index (χ0v) is 14.6. The van der Waals surface area contributed by atoms with E-state index in [-0.39, 0.29) is 17.7 Å². The summed E-state index contributed by atoms with van der Waals surface area (Å²) in [6, 6.07) is 7.54. The summed E-state index contributed by atoms with van der Waals surface area (Å²) in [5.74, 6) is 0.613. The molecule has 2 saturated heterocycles. The Kier molecular flexibility index (Phi) is 4.56. The van der Waals surface area contributed by atoms with Gasteiger partial charge in [-0.2, -0.15) is 0 Å². The highest BCUT2D eigenvalue weighted by molar-refractivity contribution is 9.10. The summed E-state index contributed by atoms with van der Waals surface area (Å²) >= 11 is 3.38. The van der Waals surface area contributed by atoms with E-state index in [2.05, 4.69) is 20.8 Å². The largest absolute Gasteiger partial charge is 0.336 e. The lowest BCUT2D eigenvalue weighted by molar-refractivity contribution is 0.0588. The van der Waals surface area contributed by atoms with Crippen molar-refractivity contribution in [3.63, 3.8) is 0 Å². The third-order valence-electron chi connectivity index (χ3n) is 4.40. The number of hydrogen-bond acceptors (Lipinski definition) is 4. The number of sulfone groups is 1. The van der Waals surface area contributed by atoms with E-state index in [1.54, 1.807) is 0 Å². The van der Waals surface area contributed by atoms with Gasteiger partial charge in [-0.15, -0.1) is 0 Å². The van der Waals surface area contributed by atoms with Crippen molar-refractivity contribution in [1.82, 2.24) is 9.80 Å². The van der Waals surface area contributed by atoms with Crippen molar-refractivity contribution in [2.75, 3.05) is 37.7 Å². The predicted molar refractivity (Wildman–Crippen MR) is 88.7 cm³/mol. The molecule has 2 fully saturated rings. The molecule has 0 aromatic heterocycles. The van der Waals surface area contributed by atoms with Crippen LogP contribution in [0.1, 0.15) is 16.8 Å². The van der Waals surface area contributed by atoms with Crippen LogP contribution in [0.25, 0.3) is 0 Å². The minimum Gasteiger partial charge on any atom is -0.336 e. The Hall–Kier alpha value is -0.920. The monoisotopic (exact) mass is 386 g/mol. The molecule has 0 spiro atoms. The average molecular weight is 387 g/mol. The van der Waals surface area contributed by atoms with E-state index >= 15 is 0 Å². The molecule has 7 heteroatoms. The summed E-state index contributed by atoms with van der Waals surface area (Å²) in [6.45, 7) is 2.81. The van der Waals surface area contributed by atoms with Crippen molar-refractivity contribution < 1.29 is 13.2 Å². The van der Waals surface area contributed by atoms with E-state index in [1.807, 2.05) is 29.2 Å². The highest BCUT2D eigenvalue weighted by atomic mass is 79.9. The van der Waals surface area contributed by atoms with Crippen LogP contribution < -0.4 is 0 Å². The Balaban J connectivity index is 1.59. The minimum absolute atomic E-state index is 0.0417. The lowest BCUT2D eigenvalue weighted by Gasteiger charge is -2.37. The summed E-state index contributed by atoms with van der Waals surface area (Å²) in [6.07, 6.45) is 0.724. The zero-order chi connectivity index (χ0) is 15.7. The molecule has 120 valence electrons. The molecule has 0 radical (unpaired) electrons. The summed E-state index contributed by atoms with van der Waals surface area (Å²) in [4.78, 5) is 16.5. The second-order valence-electron chi connectivity index (χ2n) is 5.90. The Morgan fingerprint density at radius 3 is 2.50 bits per heavy atom. The van der Waals surface area contributed by atoms with E-state index in [4.69, 9.17) is 0 Å². The maximum Gasteiger partial charge on any atom is 0.253 e. The Labute approximate surface area is 139 Å². The summed E-state index contributed by atoms with van der Waals surface area (Å²) in [5, 5.41) is 0. The smallest absolute Gasteiger partial charge is 0.253 e. The van der Waals surface area contributed by atoms with E-state index < -0.39 is 9.84 Å². The number of carbonyl (C=O) groups excluding carboxylic acids is 1. The van der Waals surface area contributed by atoms with Gasteiger partial charge in [-0.25, -0.2) is 8.42 Å². The van der Waals surface area contributed by atoms with Crippen LogP contribution in [0.2, 0.25) is 0 Å². The van der Waals surface area contributed by atoms with E-state index in [0.717, 1.165) is 24.0 Å². The van der Waals surface area contributed by atoms with Gasteiger partial charge >= 0.3 is 0 Å². The lowest BCUT2D eigenvalue weighted by atomic mass is 10.1. The number of carbonyl (C=O) groups is 1. The fraction of sp³-hybridized carbons (Fsp3) is 0.533. The molecular formula is C15H19BrN2O3S. The molecule has 1 aromatic carbocycles. The number of piperazine rings is 1. The molecule has 0 unspecified atom stereocenters. The van der Waals surface area contributed by atoms with Crippen molar-refractivity contribution in [1.29, 1.82) is 0 Å². The van der Waals surface area contributed by atoms with E-state index in [9.17, 15) is 13.2 Å². The molecule has 0 bridgehead atoms. The Morgan fingerprint density at radius 1 is 1.18 bits per heavy atom. The standard InChI is InChI=1S/C15H19BrN2O3S/c16-13-3-1-2-12(10-13)15(19)18-7-5-17(6-8-18)14-4-9-22(20,21)11-14/h1-3,10,14H,4-9,11H2/t14-/m0/s1. The second kappa shape index (κ2) is 6.29. The molecule has 1 atom stereocenters. The minimum atomic E-state index is -2.85. The first-order valence-electron chi connectivity index (χ1n) is 7.44. The van der Waals surface area contributed by atoms with E-state index in [1.165, 1.54) is 0 Å². The third kappa shape index (κ3) is 3.52. The van der Waals surface area contributed by atoms with Crippen LogP contribution in [0.4, 0.5) is 0 Å². The maximum atomic E-state index is 12.5. The quantitative estimate of drug-likeness (QED) is 0.770. The lowest BCUT2D eigenvalue weighted by Crippen LogP contribution is -2.52. The van der Waals surface area contributed by atoms with Gasteiger partial charge in [-0.05, 0) is 24.6 Å². The SMILES string of the molecule is O=C(c1cccc(Br)c1)N1CCN([C@H]2CCS(=O)(=O)C2)CC1. The first-order chi connectivity index (χ1) is 10.4. The van der Waals surface area contributed by atoms with Crippen molar-refractivity contribution in [3.05, 3.63) is 34.3 Å².